The molecule has 0 N–H and O–H groups in total. The third kappa shape index (κ3) is 2.56. The molecule has 0 radical (unpaired) electrons. The second kappa shape index (κ2) is 5.26. The SMILES string of the molecule is CC1C(=O)N2CCCCC2C(=O)N1C1CCCS(=O)(=O)C1. The zero-order valence-electron chi connectivity index (χ0n) is 12.3. The van der Waals surface area contributed by atoms with Crippen molar-refractivity contribution < 1.29 is 18.0 Å². The maximum absolute atomic E-state index is 12.8. The van der Waals surface area contributed by atoms with E-state index in [9.17, 15) is 18.0 Å². The minimum atomic E-state index is -3.09. The summed E-state index contributed by atoms with van der Waals surface area (Å²) in [5.41, 5.74) is 0. The fraction of sp³-hybridized carbons (Fsp3) is 0.857. The van der Waals surface area contributed by atoms with Crippen LogP contribution < -0.4 is 0 Å². The molecule has 0 aliphatic carbocycles. The predicted octanol–water partition coefficient (Wildman–Crippen LogP) is 0.175. The minimum Gasteiger partial charge on any atom is -0.329 e. The smallest absolute Gasteiger partial charge is 0.246 e. The maximum atomic E-state index is 12.8. The summed E-state index contributed by atoms with van der Waals surface area (Å²) >= 11 is 0. The molecule has 6 nitrogen and oxygen atoms in total. The zero-order valence-corrected chi connectivity index (χ0v) is 13.1. The second-order valence-electron chi connectivity index (χ2n) is 6.38. The molecule has 3 aliphatic rings. The number of carbonyl (C=O) groups excluding carboxylic acids is 2. The molecular weight excluding hydrogens is 292 g/mol. The summed E-state index contributed by atoms with van der Waals surface area (Å²) in [6, 6.07) is -1.24. The van der Waals surface area contributed by atoms with Gasteiger partial charge in [-0.1, -0.05) is 0 Å². The van der Waals surface area contributed by atoms with Crippen molar-refractivity contribution in [1.29, 1.82) is 0 Å². The lowest BCUT2D eigenvalue weighted by Gasteiger charge is -2.49. The summed E-state index contributed by atoms with van der Waals surface area (Å²) in [6.45, 7) is 2.38. The molecule has 3 heterocycles. The highest BCUT2D eigenvalue weighted by Gasteiger charge is 2.48. The van der Waals surface area contributed by atoms with Gasteiger partial charge in [0.05, 0.1) is 11.5 Å². The maximum Gasteiger partial charge on any atom is 0.246 e. The molecule has 0 aromatic heterocycles. The Labute approximate surface area is 125 Å². The van der Waals surface area contributed by atoms with Crippen LogP contribution in [0.2, 0.25) is 0 Å². The number of hydrogen-bond donors (Lipinski definition) is 0. The predicted molar refractivity (Wildman–Crippen MR) is 77.3 cm³/mol. The van der Waals surface area contributed by atoms with Crippen LogP contribution in [0.3, 0.4) is 0 Å². The van der Waals surface area contributed by atoms with Crippen molar-refractivity contribution in [2.75, 3.05) is 18.1 Å². The molecule has 3 rings (SSSR count). The quantitative estimate of drug-likeness (QED) is 0.692. The van der Waals surface area contributed by atoms with Gasteiger partial charge in [-0.05, 0) is 39.0 Å². The van der Waals surface area contributed by atoms with Gasteiger partial charge in [-0.15, -0.1) is 0 Å². The number of piperidine rings is 1. The molecule has 3 atom stereocenters. The van der Waals surface area contributed by atoms with Gasteiger partial charge in [0, 0.05) is 12.6 Å². The van der Waals surface area contributed by atoms with Crippen LogP contribution in [-0.2, 0) is 19.4 Å². The molecule has 21 heavy (non-hydrogen) atoms. The number of carbonyl (C=O) groups is 2. The molecule has 0 aromatic rings. The number of sulfone groups is 1. The van der Waals surface area contributed by atoms with Crippen LogP contribution >= 0.6 is 0 Å². The lowest BCUT2D eigenvalue weighted by Crippen LogP contribution is -2.68. The molecule has 7 heteroatoms. The Morgan fingerprint density at radius 1 is 1.05 bits per heavy atom. The van der Waals surface area contributed by atoms with Crippen molar-refractivity contribution >= 4 is 21.7 Å². The summed E-state index contributed by atoms with van der Waals surface area (Å²) in [4.78, 5) is 28.5. The fourth-order valence-electron chi connectivity index (χ4n) is 3.89. The van der Waals surface area contributed by atoms with Crippen LogP contribution in [0.1, 0.15) is 39.0 Å². The molecule has 3 aliphatic heterocycles. The van der Waals surface area contributed by atoms with E-state index in [1.807, 2.05) is 0 Å². The molecule has 3 saturated heterocycles. The van der Waals surface area contributed by atoms with E-state index in [0.29, 0.717) is 25.8 Å². The average molecular weight is 314 g/mol. The van der Waals surface area contributed by atoms with Crippen LogP contribution in [0, 0.1) is 0 Å². The first-order valence-electron chi connectivity index (χ1n) is 7.74. The van der Waals surface area contributed by atoms with Crippen LogP contribution in [-0.4, -0.2) is 66.2 Å². The Hall–Kier alpha value is -1.11. The number of nitrogens with zero attached hydrogens (tertiary/aromatic N) is 2. The molecule has 3 fully saturated rings. The third-order valence-corrected chi connectivity index (χ3v) is 6.74. The molecule has 3 unspecified atom stereocenters. The minimum absolute atomic E-state index is 0.00306. The molecule has 0 saturated carbocycles. The first kappa shape index (κ1) is 14.8. The Kier molecular flexibility index (Phi) is 3.71. The van der Waals surface area contributed by atoms with E-state index in [2.05, 4.69) is 0 Å². The Balaban J connectivity index is 1.87. The van der Waals surface area contributed by atoms with Crippen molar-refractivity contribution in [1.82, 2.24) is 9.80 Å². The van der Waals surface area contributed by atoms with Crippen LogP contribution in [0.5, 0.6) is 0 Å². The molecule has 118 valence electrons. The van der Waals surface area contributed by atoms with Crippen molar-refractivity contribution in [2.45, 2.75) is 57.2 Å². The number of fused-ring (bicyclic) bond motifs is 1. The summed E-state index contributed by atoms with van der Waals surface area (Å²) in [6.07, 6.45) is 3.85. The van der Waals surface area contributed by atoms with Crippen LogP contribution in [0.25, 0.3) is 0 Å². The number of hydrogen-bond acceptors (Lipinski definition) is 4. The Morgan fingerprint density at radius 2 is 1.81 bits per heavy atom. The van der Waals surface area contributed by atoms with E-state index >= 15 is 0 Å². The van der Waals surface area contributed by atoms with Crippen LogP contribution in [0.4, 0.5) is 0 Å². The fourth-order valence-corrected chi connectivity index (χ4v) is 5.57. The molecule has 2 amide bonds. The summed E-state index contributed by atoms with van der Waals surface area (Å²) in [5.74, 6) is 0.123. The third-order valence-electron chi connectivity index (χ3n) is 4.93. The first-order chi connectivity index (χ1) is 9.91. The van der Waals surface area contributed by atoms with Crippen molar-refractivity contribution in [3.63, 3.8) is 0 Å². The van der Waals surface area contributed by atoms with Crippen molar-refractivity contribution in [3.8, 4) is 0 Å². The van der Waals surface area contributed by atoms with E-state index in [4.69, 9.17) is 0 Å². The summed E-state index contributed by atoms with van der Waals surface area (Å²) < 4.78 is 23.7. The van der Waals surface area contributed by atoms with Gasteiger partial charge in [-0.25, -0.2) is 8.42 Å². The summed E-state index contributed by atoms with van der Waals surface area (Å²) in [5, 5.41) is 0. The monoisotopic (exact) mass is 314 g/mol. The number of rotatable bonds is 1. The number of piperazine rings is 1. The van der Waals surface area contributed by atoms with Gasteiger partial charge in [0.25, 0.3) is 0 Å². The molecule has 0 spiro atoms. The van der Waals surface area contributed by atoms with E-state index in [1.165, 1.54) is 0 Å². The van der Waals surface area contributed by atoms with Gasteiger partial charge in [0.2, 0.25) is 11.8 Å². The van der Waals surface area contributed by atoms with Gasteiger partial charge < -0.3 is 9.80 Å². The normalized spacial score (nSPS) is 36.5. The number of amides is 2. The Morgan fingerprint density at radius 3 is 2.52 bits per heavy atom. The van der Waals surface area contributed by atoms with E-state index < -0.39 is 15.9 Å². The van der Waals surface area contributed by atoms with Gasteiger partial charge in [0.1, 0.15) is 12.1 Å². The molecule has 0 bridgehead atoms. The van der Waals surface area contributed by atoms with E-state index in [1.54, 1.807) is 16.7 Å². The standard InChI is InChI=1S/C14H22N2O4S/c1-10-13(17)15-7-3-2-6-12(15)14(18)16(10)11-5-4-8-21(19,20)9-11/h10-12H,2-9H2,1H3. The van der Waals surface area contributed by atoms with E-state index in [-0.39, 0.29) is 35.4 Å². The zero-order chi connectivity index (χ0) is 15.2. The molecular formula is C14H22N2O4S. The highest BCUT2D eigenvalue weighted by atomic mass is 32.2. The average Bonchev–Trinajstić information content (AvgIpc) is 2.44. The Bertz CT molecular complexity index is 559. The van der Waals surface area contributed by atoms with Crippen LogP contribution in [0.15, 0.2) is 0 Å². The van der Waals surface area contributed by atoms with Crippen molar-refractivity contribution in [3.05, 3.63) is 0 Å². The lowest BCUT2D eigenvalue weighted by molar-refractivity contribution is -0.165. The largest absolute Gasteiger partial charge is 0.329 e. The van der Waals surface area contributed by atoms with Gasteiger partial charge in [-0.3, -0.25) is 9.59 Å². The summed E-state index contributed by atoms with van der Waals surface area (Å²) in [7, 11) is -3.09. The lowest BCUT2D eigenvalue weighted by atomic mass is 9.94. The van der Waals surface area contributed by atoms with Gasteiger partial charge >= 0.3 is 0 Å². The highest BCUT2D eigenvalue weighted by Crippen LogP contribution is 2.30. The van der Waals surface area contributed by atoms with Gasteiger partial charge in [0.15, 0.2) is 9.84 Å². The highest BCUT2D eigenvalue weighted by molar-refractivity contribution is 7.91. The van der Waals surface area contributed by atoms with Gasteiger partial charge in [-0.2, -0.15) is 0 Å². The second-order valence-corrected chi connectivity index (χ2v) is 8.60. The first-order valence-corrected chi connectivity index (χ1v) is 9.56. The topological polar surface area (TPSA) is 74.8 Å². The van der Waals surface area contributed by atoms with E-state index in [0.717, 1.165) is 12.8 Å². The van der Waals surface area contributed by atoms with Crippen molar-refractivity contribution in [2.24, 2.45) is 0 Å². The molecule has 0 aromatic carbocycles.